The number of ether oxygens (including phenoxy) is 1. The van der Waals surface area contributed by atoms with E-state index >= 15 is 0 Å². The molecule has 0 spiro atoms. The number of carbonyl (C=O) groups is 1. The molecule has 18 heavy (non-hydrogen) atoms. The Balaban J connectivity index is 2.31. The van der Waals surface area contributed by atoms with Gasteiger partial charge in [-0.3, -0.25) is 0 Å². The van der Waals surface area contributed by atoms with Crippen LogP contribution in [0.3, 0.4) is 0 Å². The van der Waals surface area contributed by atoms with Gasteiger partial charge in [-0.1, -0.05) is 6.58 Å². The second kappa shape index (κ2) is 6.23. The van der Waals surface area contributed by atoms with E-state index in [1.54, 1.807) is 0 Å². The Morgan fingerprint density at radius 3 is 2.33 bits per heavy atom. The average Bonchev–Trinajstić information content (AvgIpc) is 2.26. The van der Waals surface area contributed by atoms with Gasteiger partial charge in [0.15, 0.2) is 0 Å². The fourth-order valence-electron chi connectivity index (χ4n) is 2.25. The molecule has 1 fully saturated rings. The van der Waals surface area contributed by atoms with Crippen molar-refractivity contribution in [3.05, 3.63) is 12.2 Å². The lowest BCUT2D eigenvalue weighted by Crippen LogP contribution is -2.41. The van der Waals surface area contributed by atoms with E-state index in [2.05, 4.69) is 11.9 Å². The number of rotatable bonds is 3. The van der Waals surface area contributed by atoms with Gasteiger partial charge >= 0.3 is 6.09 Å². The van der Waals surface area contributed by atoms with E-state index in [1.807, 2.05) is 20.8 Å². The molecule has 0 aromatic heterocycles. The molecule has 0 unspecified atom stereocenters. The molecular weight excluding hydrogens is 230 g/mol. The minimum Gasteiger partial charge on any atom is -0.444 e. The molecule has 0 bridgehead atoms. The van der Waals surface area contributed by atoms with Crippen LogP contribution in [0.1, 0.15) is 46.5 Å². The molecule has 0 aromatic carbocycles. The van der Waals surface area contributed by atoms with Gasteiger partial charge < -0.3 is 15.2 Å². The first-order valence-electron chi connectivity index (χ1n) is 6.60. The Bertz CT molecular complexity index is 299. The van der Waals surface area contributed by atoms with Crippen molar-refractivity contribution in [2.75, 3.05) is 6.61 Å². The summed E-state index contributed by atoms with van der Waals surface area (Å²) in [6, 6.07) is 0.183. The summed E-state index contributed by atoms with van der Waals surface area (Å²) < 4.78 is 5.23. The monoisotopic (exact) mass is 255 g/mol. The van der Waals surface area contributed by atoms with E-state index in [4.69, 9.17) is 9.84 Å². The van der Waals surface area contributed by atoms with Crippen LogP contribution in [-0.4, -0.2) is 29.4 Å². The molecule has 1 amide bonds. The summed E-state index contributed by atoms with van der Waals surface area (Å²) in [5.74, 6) is 0.395. The number of hydrogen-bond donors (Lipinski definition) is 2. The van der Waals surface area contributed by atoms with Crippen molar-refractivity contribution in [2.24, 2.45) is 5.92 Å². The molecule has 4 nitrogen and oxygen atoms in total. The first-order valence-corrected chi connectivity index (χ1v) is 6.60. The van der Waals surface area contributed by atoms with Crippen LogP contribution >= 0.6 is 0 Å². The highest BCUT2D eigenvalue weighted by Gasteiger charge is 2.25. The van der Waals surface area contributed by atoms with Crippen LogP contribution in [0.4, 0.5) is 4.79 Å². The Morgan fingerprint density at radius 2 is 1.89 bits per heavy atom. The van der Waals surface area contributed by atoms with Crippen LogP contribution in [-0.2, 0) is 4.74 Å². The normalized spacial score (nSPS) is 24.4. The van der Waals surface area contributed by atoms with Gasteiger partial charge in [-0.2, -0.15) is 0 Å². The maximum Gasteiger partial charge on any atom is 0.407 e. The zero-order valence-electron chi connectivity index (χ0n) is 11.7. The number of amides is 1. The lowest BCUT2D eigenvalue weighted by atomic mass is 9.82. The van der Waals surface area contributed by atoms with Gasteiger partial charge in [-0.25, -0.2) is 4.79 Å². The summed E-state index contributed by atoms with van der Waals surface area (Å²) in [4.78, 5) is 11.6. The molecule has 0 radical (unpaired) electrons. The summed E-state index contributed by atoms with van der Waals surface area (Å²) >= 11 is 0. The van der Waals surface area contributed by atoms with E-state index in [9.17, 15) is 4.79 Å². The minimum absolute atomic E-state index is 0.0643. The fraction of sp³-hybridized carbons (Fsp3) is 0.786. The Kier molecular flexibility index (Phi) is 5.20. The van der Waals surface area contributed by atoms with Crippen molar-refractivity contribution in [3.8, 4) is 0 Å². The van der Waals surface area contributed by atoms with Crippen molar-refractivity contribution in [3.63, 3.8) is 0 Å². The Labute approximate surface area is 109 Å². The topological polar surface area (TPSA) is 58.6 Å². The molecule has 1 rings (SSSR count). The smallest absolute Gasteiger partial charge is 0.407 e. The summed E-state index contributed by atoms with van der Waals surface area (Å²) in [6.07, 6.45) is 3.44. The molecular formula is C14H25NO3. The predicted octanol–water partition coefficient (Wildman–Crippen LogP) is 2.62. The van der Waals surface area contributed by atoms with Crippen LogP contribution in [0.5, 0.6) is 0 Å². The summed E-state index contributed by atoms with van der Waals surface area (Å²) in [5, 5.41) is 11.9. The van der Waals surface area contributed by atoms with Gasteiger partial charge in [0, 0.05) is 6.04 Å². The molecule has 0 saturated heterocycles. The number of alkyl carbamates (subject to hydrolysis) is 1. The van der Waals surface area contributed by atoms with Crippen LogP contribution in [0.2, 0.25) is 0 Å². The van der Waals surface area contributed by atoms with Gasteiger partial charge in [0.05, 0.1) is 6.61 Å². The maximum absolute atomic E-state index is 11.6. The number of aliphatic hydroxyl groups is 1. The molecule has 0 aliphatic heterocycles. The molecule has 1 saturated carbocycles. The van der Waals surface area contributed by atoms with Gasteiger partial charge in [0.2, 0.25) is 0 Å². The maximum atomic E-state index is 11.6. The summed E-state index contributed by atoms with van der Waals surface area (Å²) in [6.45, 7) is 9.50. The lowest BCUT2D eigenvalue weighted by Gasteiger charge is -2.30. The van der Waals surface area contributed by atoms with Crippen molar-refractivity contribution in [1.29, 1.82) is 0 Å². The fourth-order valence-corrected chi connectivity index (χ4v) is 2.25. The second-order valence-corrected chi connectivity index (χ2v) is 6.01. The van der Waals surface area contributed by atoms with Gasteiger partial charge in [-0.05, 0) is 57.9 Å². The van der Waals surface area contributed by atoms with E-state index in [0.717, 1.165) is 31.3 Å². The third kappa shape index (κ3) is 5.08. The van der Waals surface area contributed by atoms with Crippen LogP contribution in [0.25, 0.3) is 0 Å². The van der Waals surface area contributed by atoms with E-state index < -0.39 is 5.60 Å². The molecule has 1 aliphatic carbocycles. The molecule has 0 atom stereocenters. The summed E-state index contributed by atoms with van der Waals surface area (Å²) in [7, 11) is 0. The number of aliphatic hydroxyl groups excluding tert-OH is 1. The molecule has 2 N–H and O–H groups in total. The van der Waals surface area contributed by atoms with Crippen molar-refractivity contribution >= 4 is 6.09 Å². The third-order valence-electron chi connectivity index (χ3n) is 3.23. The predicted molar refractivity (Wildman–Crippen MR) is 71.3 cm³/mol. The minimum atomic E-state index is -0.452. The standard InChI is InChI=1S/C14H25NO3/c1-10(9-16)11-5-7-12(8-6-11)15-13(17)18-14(2,3)4/h11-12,16H,1,5-9H2,2-4H3,(H,15,17). The number of hydrogen-bond acceptors (Lipinski definition) is 3. The van der Waals surface area contributed by atoms with E-state index in [-0.39, 0.29) is 18.7 Å². The molecule has 104 valence electrons. The molecule has 0 heterocycles. The number of carbonyl (C=O) groups excluding carboxylic acids is 1. The Morgan fingerprint density at radius 1 is 1.33 bits per heavy atom. The SMILES string of the molecule is C=C(CO)C1CCC(NC(=O)OC(C)(C)C)CC1. The quantitative estimate of drug-likeness (QED) is 0.762. The molecule has 1 aliphatic rings. The zero-order chi connectivity index (χ0) is 13.8. The van der Waals surface area contributed by atoms with E-state index in [0.29, 0.717) is 5.92 Å². The van der Waals surface area contributed by atoms with Crippen molar-refractivity contribution in [2.45, 2.75) is 58.1 Å². The van der Waals surface area contributed by atoms with Crippen molar-refractivity contribution in [1.82, 2.24) is 5.32 Å². The second-order valence-electron chi connectivity index (χ2n) is 6.01. The van der Waals surface area contributed by atoms with Gasteiger partial charge in [0.1, 0.15) is 5.60 Å². The highest BCUT2D eigenvalue weighted by Crippen LogP contribution is 2.29. The zero-order valence-corrected chi connectivity index (χ0v) is 11.7. The first kappa shape index (κ1) is 15.0. The van der Waals surface area contributed by atoms with E-state index in [1.165, 1.54) is 0 Å². The third-order valence-corrected chi connectivity index (χ3v) is 3.23. The lowest BCUT2D eigenvalue weighted by molar-refractivity contribution is 0.0489. The average molecular weight is 255 g/mol. The van der Waals surface area contributed by atoms with Gasteiger partial charge in [0.25, 0.3) is 0 Å². The number of nitrogens with one attached hydrogen (secondary N) is 1. The largest absolute Gasteiger partial charge is 0.444 e. The Hall–Kier alpha value is -1.03. The van der Waals surface area contributed by atoms with Crippen LogP contribution in [0, 0.1) is 5.92 Å². The van der Waals surface area contributed by atoms with Crippen molar-refractivity contribution < 1.29 is 14.6 Å². The summed E-state index contributed by atoms with van der Waals surface area (Å²) in [5.41, 5.74) is 0.456. The molecule has 0 aromatic rings. The highest BCUT2D eigenvalue weighted by molar-refractivity contribution is 5.68. The first-order chi connectivity index (χ1) is 8.31. The van der Waals surface area contributed by atoms with Crippen LogP contribution < -0.4 is 5.32 Å². The van der Waals surface area contributed by atoms with Crippen LogP contribution in [0.15, 0.2) is 12.2 Å². The van der Waals surface area contributed by atoms with Gasteiger partial charge in [-0.15, -0.1) is 0 Å². The molecule has 4 heteroatoms. The highest BCUT2D eigenvalue weighted by atomic mass is 16.6.